The molecule has 0 aromatic heterocycles. The van der Waals surface area contributed by atoms with Crippen molar-refractivity contribution in [2.24, 2.45) is 5.92 Å². The third kappa shape index (κ3) is 3.27. The maximum atomic E-state index is 13.0. The van der Waals surface area contributed by atoms with Gasteiger partial charge in [-0.25, -0.2) is 8.42 Å². The van der Waals surface area contributed by atoms with E-state index in [9.17, 15) is 8.42 Å². The molecule has 0 aliphatic rings. The Morgan fingerprint density at radius 2 is 1.57 bits per heavy atom. The van der Waals surface area contributed by atoms with Crippen LogP contribution in [0.4, 0.5) is 0 Å². The zero-order valence-electron chi connectivity index (χ0n) is 13.1. The van der Waals surface area contributed by atoms with Crippen LogP contribution in [0.15, 0.2) is 47.4 Å². The van der Waals surface area contributed by atoms with Crippen molar-refractivity contribution in [2.45, 2.75) is 38.6 Å². The van der Waals surface area contributed by atoms with Crippen LogP contribution in [0.2, 0.25) is 0 Å². The Hall–Kier alpha value is -1.39. The first kappa shape index (κ1) is 16.0. The third-order valence-corrected chi connectivity index (χ3v) is 5.56. The van der Waals surface area contributed by atoms with Gasteiger partial charge in [-0.3, -0.25) is 0 Å². The molecule has 0 radical (unpaired) electrons. The lowest BCUT2D eigenvalue weighted by molar-refractivity contribution is 0.319. The molecule has 4 heteroatoms. The minimum Gasteiger partial charge on any atom is -0.207 e. The molecule has 2 aromatic carbocycles. The maximum Gasteiger partial charge on any atom is 0.243 e. The third-order valence-electron chi connectivity index (χ3n) is 3.46. The summed E-state index contributed by atoms with van der Waals surface area (Å²) in [4.78, 5) is 0.398. The molecule has 2 aromatic rings. The van der Waals surface area contributed by atoms with E-state index in [-0.39, 0.29) is 12.0 Å². The molecule has 0 spiro atoms. The van der Waals surface area contributed by atoms with Crippen molar-refractivity contribution in [2.75, 3.05) is 6.54 Å². The topological polar surface area (TPSA) is 37.4 Å². The van der Waals surface area contributed by atoms with Crippen LogP contribution < -0.4 is 0 Å². The Kier molecular flexibility index (Phi) is 4.69. The van der Waals surface area contributed by atoms with Gasteiger partial charge in [-0.05, 0) is 31.2 Å². The van der Waals surface area contributed by atoms with Gasteiger partial charge in [-0.2, -0.15) is 4.31 Å². The predicted molar refractivity (Wildman–Crippen MR) is 87.8 cm³/mol. The highest BCUT2D eigenvalue weighted by Crippen LogP contribution is 2.27. The van der Waals surface area contributed by atoms with Gasteiger partial charge in [0.25, 0.3) is 0 Å². The van der Waals surface area contributed by atoms with Crippen molar-refractivity contribution in [1.82, 2.24) is 4.31 Å². The molecule has 21 heavy (non-hydrogen) atoms. The van der Waals surface area contributed by atoms with Crippen LogP contribution in [-0.4, -0.2) is 25.3 Å². The van der Waals surface area contributed by atoms with E-state index in [1.54, 1.807) is 10.4 Å². The van der Waals surface area contributed by atoms with E-state index in [0.29, 0.717) is 11.4 Å². The van der Waals surface area contributed by atoms with Gasteiger partial charge in [0.05, 0.1) is 4.90 Å². The molecule has 0 saturated heterocycles. The number of fused-ring (bicyclic) bond motifs is 1. The predicted octanol–water partition coefficient (Wildman–Crippen LogP) is 3.89. The van der Waals surface area contributed by atoms with Crippen molar-refractivity contribution >= 4 is 20.8 Å². The highest BCUT2D eigenvalue weighted by molar-refractivity contribution is 7.89. The molecule has 3 nitrogen and oxygen atoms in total. The van der Waals surface area contributed by atoms with E-state index in [2.05, 4.69) is 0 Å². The fourth-order valence-corrected chi connectivity index (χ4v) is 4.51. The molecule has 0 saturated carbocycles. The average molecular weight is 305 g/mol. The Balaban J connectivity index is 2.60. The fraction of sp³-hybridized carbons (Fsp3) is 0.412. The van der Waals surface area contributed by atoms with Crippen molar-refractivity contribution in [3.05, 3.63) is 42.5 Å². The van der Waals surface area contributed by atoms with Gasteiger partial charge in [0.15, 0.2) is 0 Å². The Labute approximate surface area is 127 Å². The number of benzene rings is 2. The molecule has 0 heterocycles. The van der Waals surface area contributed by atoms with Gasteiger partial charge in [0.2, 0.25) is 10.0 Å². The van der Waals surface area contributed by atoms with Crippen LogP contribution in [0.1, 0.15) is 27.7 Å². The van der Waals surface area contributed by atoms with E-state index in [1.165, 1.54) is 0 Å². The number of hydrogen-bond donors (Lipinski definition) is 0. The number of sulfonamides is 1. The summed E-state index contributed by atoms with van der Waals surface area (Å²) in [5.74, 6) is 0.289. The maximum absolute atomic E-state index is 13.0. The van der Waals surface area contributed by atoms with E-state index in [1.807, 2.05) is 64.1 Å². The summed E-state index contributed by atoms with van der Waals surface area (Å²) in [5.41, 5.74) is 0. The molecule has 0 unspecified atom stereocenters. The summed E-state index contributed by atoms with van der Waals surface area (Å²) >= 11 is 0. The monoisotopic (exact) mass is 305 g/mol. The largest absolute Gasteiger partial charge is 0.243 e. The van der Waals surface area contributed by atoms with Crippen LogP contribution in [-0.2, 0) is 10.0 Å². The van der Waals surface area contributed by atoms with Crippen molar-refractivity contribution in [3.8, 4) is 0 Å². The average Bonchev–Trinajstić information content (AvgIpc) is 2.43. The minimum atomic E-state index is -3.49. The van der Waals surface area contributed by atoms with Gasteiger partial charge in [-0.15, -0.1) is 0 Å². The van der Waals surface area contributed by atoms with Crippen LogP contribution in [0.5, 0.6) is 0 Å². The first-order chi connectivity index (χ1) is 9.84. The van der Waals surface area contributed by atoms with Crippen molar-refractivity contribution in [3.63, 3.8) is 0 Å². The quantitative estimate of drug-likeness (QED) is 0.840. The number of rotatable bonds is 5. The summed E-state index contributed by atoms with van der Waals surface area (Å²) in [5, 5.41) is 1.74. The molecule has 2 rings (SSSR count). The Bertz CT molecular complexity index is 715. The van der Waals surface area contributed by atoms with Crippen LogP contribution in [0.3, 0.4) is 0 Å². The highest BCUT2D eigenvalue weighted by atomic mass is 32.2. The normalized spacial score (nSPS) is 12.7. The molecule has 0 fully saturated rings. The summed E-state index contributed by atoms with van der Waals surface area (Å²) in [7, 11) is -3.49. The molecular formula is C17H23NO2S. The zero-order chi connectivity index (χ0) is 15.6. The SMILES string of the molecule is CC(C)CN(C(C)C)S(=O)(=O)c1cccc2ccccc12. The Morgan fingerprint density at radius 1 is 0.952 bits per heavy atom. The van der Waals surface area contributed by atoms with E-state index in [0.717, 1.165) is 10.8 Å². The summed E-state index contributed by atoms with van der Waals surface area (Å²) < 4.78 is 27.7. The van der Waals surface area contributed by atoms with Gasteiger partial charge >= 0.3 is 0 Å². The van der Waals surface area contributed by atoms with E-state index in [4.69, 9.17) is 0 Å². The van der Waals surface area contributed by atoms with Crippen molar-refractivity contribution < 1.29 is 8.42 Å². The zero-order valence-corrected chi connectivity index (χ0v) is 13.9. The number of nitrogens with zero attached hydrogens (tertiary/aromatic N) is 1. The van der Waals surface area contributed by atoms with E-state index < -0.39 is 10.0 Å². The molecular weight excluding hydrogens is 282 g/mol. The molecule has 0 N–H and O–H groups in total. The summed E-state index contributed by atoms with van der Waals surface area (Å²) in [6, 6.07) is 13.0. The molecule has 0 atom stereocenters. The fourth-order valence-electron chi connectivity index (χ4n) is 2.49. The van der Waals surface area contributed by atoms with Gasteiger partial charge < -0.3 is 0 Å². The standard InChI is InChI=1S/C17H23NO2S/c1-13(2)12-18(14(3)4)21(19,20)17-11-7-9-15-8-5-6-10-16(15)17/h5-11,13-14H,12H2,1-4H3. The first-order valence-electron chi connectivity index (χ1n) is 7.33. The Morgan fingerprint density at radius 3 is 2.19 bits per heavy atom. The second kappa shape index (κ2) is 6.16. The van der Waals surface area contributed by atoms with Crippen LogP contribution in [0, 0.1) is 5.92 Å². The van der Waals surface area contributed by atoms with Crippen LogP contribution >= 0.6 is 0 Å². The lowest BCUT2D eigenvalue weighted by Gasteiger charge is -2.28. The van der Waals surface area contributed by atoms with Gasteiger partial charge in [0.1, 0.15) is 0 Å². The van der Waals surface area contributed by atoms with Crippen LogP contribution in [0.25, 0.3) is 10.8 Å². The molecule has 0 aliphatic carbocycles. The molecule has 114 valence electrons. The van der Waals surface area contributed by atoms with Gasteiger partial charge in [0, 0.05) is 18.0 Å². The van der Waals surface area contributed by atoms with Crippen molar-refractivity contribution in [1.29, 1.82) is 0 Å². The molecule has 0 bridgehead atoms. The molecule has 0 aliphatic heterocycles. The minimum absolute atomic E-state index is 0.0589. The highest BCUT2D eigenvalue weighted by Gasteiger charge is 2.28. The summed E-state index contributed by atoms with van der Waals surface area (Å²) in [6.07, 6.45) is 0. The second-order valence-corrected chi connectivity index (χ2v) is 7.90. The summed E-state index contributed by atoms with van der Waals surface area (Å²) in [6.45, 7) is 8.45. The lowest BCUT2D eigenvalue weighted by atomic mass is 10.1. The first-order valence-corrected chi connectivity index (χ1v) is 8.77. The number of hydrogen-bond acceptors (Lipinski definition) is 2. The molecule has 0 amide bonds. The second-order valence-electron chi connectivity index (χ2n) is 6.04. The van der Waals surface area contributed by atoms with Gasteiger partial charge in [-0.1, -0.05) is 50.2 Å². The van der Waals surface area contributed by atoms with E-state index >= 15 is 0 Å². The lowest BCUT2D eigenvalue weighted by Crippen LogP contribution is -2.39. The smallest absolute Gasteiger partial charge is 0.207 e.